The number of rotatable bonds is 4. The Morgan fingerprint density at radius 1 is 1.26 bits per heavy atom. The second-order valence-corrected chi connectivity index (χ2v) is 4.43. The van der Waals surface area contributed by atoms with E-state index in [0.29, 0.717) is 11.6 Å². The molecule has 0 spiro atoms. The Labute approximate surface area is 111 Å². The Morgan fingerprint density at radius 3 is 2.53 bits per heavy atom. The minimum atomic E-state index is -1.04. The number of carboxylic acids is 1. The Hall–Kier alpha value is -2.43. The third-order valence-electron chi connectivity index (χ3n) is 2.48. The van der Waals surface area contributed by atoms with Gasteiger partial charge in [0.15, 0.2) is 5.82 Å². The van der Waals surface area contributed by atoms with Gasteiger partial charge in [-0.05, 0) is 13.8 Å². The van der Waals surface area contributed by atoms with Crippen LogP contribution in [0, 0.1) is 0 Å². The molecular formula is C14H15N3O2. The minimum Gasteiger partial charge on any atom is -0.477 e. The average molecular weight is 257 g/mol. The molecule has 1 aromatic carbocycles. The highest BCUT2D eigenvalue weighted by molar-refractivity contribution is 5.93. The van der Waals surface area contributed by atoms with Crippen molar-refractivity contribution in [2.75, 3.05) is 5.32 Å². The number of anilines is 1. The smallest absolute Gasteiger partial charge is 0.341 e. The van der Waals surface area contributed by atoms with Crippen LogP contribution >= 0.6 is 0 Å². The van der Waals surface area contributed by atoms with Crippen LogP contribution in [0.5, 0.6) is 0 Å². The molecule has 0 aliphatic heterocycles. The maximum Gasteiger partial charge on any atom is 0.341 e. The van der Waals surface area contributed by atoms with Crippen molar-refractivity contribution in [2.45, 2.75) is 19.9 Å². The summed E-state index contributed by atoms with van der Waals surface area (Å²) in [5.74, 6) is -0.187. The van der Waals surface area contributed by atoms with Crippen molar-refractivity contribution in [3.63, 3.8) is 0 Å². The molecule has 0 radical (unpaired) electrons. The van der Waals surface area contributed by atoms with E-state index in [9.17, 15) is 4.79 Å². The van der Waals surface area contributed by atoms with Crippen LogP contribution in [0.25, 0.3) is 11.4 Å². The van der Waals surface area contributed by atoms with Crippen LogP contribution in [0.3, 0.4) is 0 Å². The predicted octanol–water partition coefficient (Wildman–Crippen LogP) is 2.66. The Morgan fingerprint density at radius 2 is 1.95 bits per heavy atom. The number of carbonyl (C=O) groups is 1. The zero-order valence-electron chi connectivity index (χ0n) is 10.8. The Bertz CT molecular complexity index is 582. The fourth-order valence-corrected chi connectivity index (χ4v) is 1.65. The van der Waals surface area contributed by atoms with Crippen LogP contribution < -0.4 is 5.32 Å². The van der Waals surface area contributed by atoms with Crippen molar-refractivity contribution in [1.82, 2.24) is 9.97 Å². The van der Waals surface area contributed by atoms with Gasteiger partial charge in [0.05, 0.1) is 0 Å². The summed E-state index contributed by atoms with van der Waals surface area (Å²) in [4.78, 5) is 19.5. The zero-order valence-corrected chi connectivity index (χ0v) is 10.8. The maximum absolute atomic E-state index is 11.1. The third-order valence-corrected chi connectivity index (χ3v) is 2.48. The standard InChI is InChI=1S/C14H15N3O2/c1-9(2)16-13-11(14(18)19)8-15-12(17-13)10-6-4-3-5-7-10/h3-9H,1-2H3,(H,18,19)(H,15,16,17). The molecule has 0 saturated heterocycles. The van der Waals surface area contributed by atoms with Gasteiger partial charge in [0, 0.05) is 17.8 Å². The number of aromatic nitrogens is 2. The minimum absolute atomic E-state index is 0.0772. The molecule has 5 heteroatoms. The molecule has 0 aliphatic rings. The molecule has 19 heavy (non-hydrogen) atoms. The van der Waals surface area contributed by atoms with Crippen molar-refractivity contribution < 1.29 is 9.90 Å². The van der Waals surface area contributed by atoms with Gasteiger partial charge in [-0.25, -0.2) is 14.8 Å². The highest BCUT2D eigenvalue weighted by atomic mass is 16.4. The Balaban J connectivity index is 2.46. The summed E-state index contributed by atoms with van der Waals surface area (Å²) >= 11 is 0. The van der Waals surface area contributed by atoms with E-state index in [1.165, 1.54) is 6.20 Å². The maximum atomic E-state index is 11.1. The second kappa shape index (κ2) is 5.48. The molecule has 0 fully saturated rings. The topological polar surface area (TPSA) is 75.1 Å². The highest BCUT2D eigenvalue weighted by Gasteiger charge is 2.14. The molecule has 0 bridgehead atoms. The van der Waals surface area contributed by atoms with Gasteiger partial charge in [-0.3, -0.25) is 0 Å². The van der Waals surface area contributed by atoms with Crippen molar-refractivity contribution in [2.24, 2.45) is 0 Å². The molecule has 2 aromatic rings. The summed E-state index contributed by atoms with van der Waals surface area (Å²) in [6.07, 6.45) is 1.34. The van der Waals surface area contributed by atoms with Crippen molar-refractivity contribution in [1.29, 1.82) is 0 Å². The lowest BCUT2D eigenvalue weighted by atomic mass is 10.2. The largest absolute Gasteiger partial charge is 0.477 e. The number of hydrogen-bond donors (Lipinski definition) is 2. The molecular weight excluding hydrogens is 242 g/mol. The molecule has 1 heterocycles. The zero-order chi connectivity index (χ0) is 13.8. The highest BCUT2D eigenvalue weighted by Crippen LogP contribution is 2.19. The van der Waals surface area contributed by atoms with Gasteiger partial charge in [-0.2, -0.15) is 0 Å². The van der Waals surface area contributed by atoms with Crippen molar-refractivity contribution in [3.8, 4) is 11.4 Å². The number of carboxylic acid groups (broad SMARTS) is 1. The van der Waals surface area contributed by atoms with Crippen LogP contribution in [-0.2, 0) is 0 Å². The molecule has 0 aliphatic carbocycles. The molecule has 98 valence electrons. The van der Waals surface area contributed by atoms with E-state index < -0.39 is 5.97 Å². The first-order valence-corrected chi connectivity index (χ1v) is 6.00. The summed E-state index contributed by atoms with van der Waals surface area (Å²) in [5.41, 5.74) is 0.930. The number of hydrogen-bond acceptors (Lipinski definition) is 4. The van der Waals surface area contributed by atoms with E-state index in [1.807, 2.05) is 44.2 Å². The van der Waals surface area contributed by atoms with Gasteiger partial charge in [0.2, 0.25) is 0 Å². The fraction of sp³-hybridized carbons (Fsp3) is 0.214. The first kappa shape index (κ1) is 13.0. The lowest BCUT2D eigenvalue weighted by Gasteiger charge is -2.12. The number of aromatic carboxylic acids is 1. The molecule has 2 N–H and O–H groups in total. The molecule has 2 rings (SSSR count). The summed E-state index contributed by atoms with van der Waals surface area (Å²) in [7, 11) is 0. The van der Waals surface area contributed by atoms with Crippen LogP contribution in [0.2, 0.25) is 0 Å². The summed E-state index contributed by atoms with van der Waals surface area (Å²) < 4.78 is 0. The van der Waals surface area contributed by atoms with Crippen LogP contribution in [0.1, 0.15) is 24.2 Å². The van der Waals surface area contributed by atoms with Crippen LogP contribution in [-0.4, -0.2) is 27.1 Å². The van der Waals surface area contributed by atoms with Gasteiger partial charge in [0.1, 0.15) is 11.4 Å². The van der Waals surface area contributed by atoms with E-state index in [2.05, 4.69) is 15.3 Å². The van der Waals surface area contributed by atoms with Gasteiger partial charge in [-0.1, -0.05) is 30.3 Å². The molecule has 0 amide bonds. The van der Waals surface area contributed by atoms with E-state index in [0.717, 1.165) is 5.56 Å². The summed E-state index contributed by atoms with van der Waals surface area (Å²) in [6.45, 7) is 3.85. The van der Waals surface area contributed by atoms with E-state index >= 15 is 0 Å². The normalized spacial score (nSPS) is 10.5. The quantitative estimate of drug-likeness (QED) is 0.880. The third kappa shape index (κ3) is 3.07. The average Bonchev–Trinajstić information content (AvgIpc) is 2.38. The van der Waals surface area contributed by atoms with Crippen LogP contribution in [0.4, 0.5) is 5.82 Å². The fourth-order valence-electron chi connectivity index (χ4n) is 1.65. The lowest BCUT2D eigenvalue weighted by Crippen LogP contribution is -2.16. The van der Waals surface area contributed by atoms with Crippen LogP contribution in [0.15, 0.2) is 36.5 Å². The monoisotopic (exact) mass is 257 g/mol. The lowest BCUT2D eigenvalue weighted by molar-refractivity contribution is 0.0697. The van der Waals surface area contributed by atoms with E-state index in [4.69, 9.17) is 5.11 Å². The Kier molecular flexibility index (Phi) is 3.75. The number of nitrogens with one attached hydrogen (secondary N) is 1. The molecule has 1 aromatic heterocycles. The molecule has 5 nitrogen and oxygen atoms in total. The summed E-state index contributed by atoms with van der Waals surface area (Å²) in [5, 5.41) is 12.2. The number of nitrogens with zero attached hydrogens (tertiary/aromatic N) is 2. The molecule has 0 unspecified atom stereocenters. The number of benzene rings is 1. The van der Waals surface area contributed by atoms with Gasteiger partial charge in [0.25, 0.3) is 0 Å². The van der Waals surface area contributed by atoms with E-state index in [1.54, 1.807) is 0 Å². The molecule has 0 saturated carbocycles. The van der Waals surface area contributed by atoms with Gasteiger partial charge >= 0.3 is 5.97 Å². The van der Waals surface area contributed by atoms with Gasteiger partial charge in [-0.15, -0.1) is 0 Å². The van der Waals surface area contributed by atoms with Crippen molar-refractivity contribution in [3.05, 3.63) is 42.1 Å². The summed E-state index contributed by atoms with van der Waals surface area (Å²) in [6, 6.07) is 9.54. The van der Waals surface area contributed by atoms with Gasteiger partial charge < -0.3 is 10.4 Å². The molecule has 0 atom stereocenters. The predicted molar refractivity (Wildman–Crippen MR) is 73.2 cm³/mol. The second-order valence-electron chi connectivity index (χ2n) is 4.43. The van der Waals surface area contributed by atoms with E-state index in [-0.39, 0.29) is 11.6 Å². The first-order valence-electron chi connectivity index (χ1n) is 6.00. The van der Waals surface area contributed by atoms with Crippen molar-refractivity contribution >= 4 is 11.8 Å². The first-order chi connectivity index (χ1) is 9.08. The SMILES string of the molecule is CC(C)Nc1nc(-c2ccccc2)ncc1C(=O)O.